The Morgan fingerprint density at radius 1 is 1.30 bits per heavy atom. The third-order valence-electron chi connectivity index (χ3n) is 4.59. The number of benzene rings is 1. The summed E-state index contributed by atoms with van der Waals surface area (Å²) in [6.45, 7) is 0.674. The molecule has 1 unspecified atom stereocenters. The van der Waals surface area contributed by atoms with Crippen LogP contribution >= 0.6 is 0 Å². The lowest BCUT2D eigenvalue weighted by Gasteiger charge is -2.26. The summed E-state index contributed by atoms with van der Waals surface area (Å²) in [7, 11) is 1.19. The second-order valence-corrected chi connectivity index (χ2v) is 6.00. The maximum atomic E-state index is 12.6. The first-order chi connectivity index (χ1) is 10.8. The summed E-state index contributed by atoms with van der Waals surface area (Å²) < 4.78 is 37.8. The van der Waals surface area contributed by atoms with E-state index in [2.05, 4.69) is 0 Å². The van der Waals surface area contributed by atoms with E-state index in [4.69, 9.17) is 0 Å². The van der Waals surface area contributed by atoms with Crippen LogP contribution in [0.4, 0.5) is 18.9 Å². The Morgan fingerprint density at radius 2 is 2.04 bits per heavy atom. The van der Waals surface area contributed by atoms with Gasteiger partial charge in [0.05, 0.1) is 6.04 Å². The van der Waals surface area contributed by atoms with Crippen molar-refractivity contribution in [1.29, 1.82) is 0 Å². The number of nitrogens with zero attached hydrogens (tertiary/aromatic N) is 2. The van der Waals surface area contributed by atoms with Crippen LogP contribution in [0.5, 0.6) is 0 Å². The molecule has 0 aromatic heterocycles. The molecule has 0 saturated carbocycles. The number of aryl methyl sites for hydroxylation is 1. The molecule has 1 heterocycles. The number of amides is 2. The van der Waals surface area contributed by atoms with E-state index < -0.39 is 18.1 Å². The average molecular weight is 326 g/mol. The average Bonchev–Trinajstić information content (AvgIpc) is 3.10. The van der Waals surface area contributed by atoms with E-state index in [-0.39, 0.29) is 5.91 Å². The molecule has 0 radical (unpaired) electrons. The van der Waals surface area contributed by atoms with Gasteiger partial charge in [-0.15, -0.1) is 0 Å². The number of rotatable bonds is 2. The predicted octanol–water partition coefficient (Wildman–Crippen LogP) is 2.82. The predicted molar refractivity (Wildman–Crippen MR) is 77.9 cm³/mol. The van der Waals surface area contributed by atoms with E-state index in [1.807, 2.05) is 6.07 Å². The zero-order valence-corrected chi connectivity index (χ0v) is 12.7. The fraction of sp³-hybridized carbons (Fsp3) is 0.500. The van der Waals surface area contributed by atoms with Crippen molar-refractivity contribution in [2.75, 3.05) is 18.5 Å². The van der Waals surface area contributed by atoms with E-state index in [9.17, 15) is 22.8 Å². The molecule has 0 spiro atoms. The number of fused-ring (bicyclic) bond motifs is 1. The van der Waals surface area contributed by atoms with Crippen molar-refractivity contribution in [2.45, 2.75) is 37.9 Å². The smallest absolute Gasteiger partial charge is 0.331 e. The van der Waals surface area contributed by atoms with Gasteiger partial charge in [0, 0.05) is 25.7 Å². The topological polar surface area (TPSA) is 40.6 Å². The van der Waals surface area contributed by atoms with Crippen molar-refractivity contribution < 1.29 is 22.8 Å². The first-order valence-corrected chi connectivity index (χ1v) is 7.56. The lowest BCUT2D eigenvalue weighted by Crippen LogP contribution is -2.40. The number of carbonyl (C=O) groups is 2. The van der Waals surface area contributed by atoms with Crippen LogP contribution in [0.1, 0.15) is 36.4 Å². The molecular weight excluding hydrogens is 309 g/mol. The molecule has 1 aromatic carbocycles. The summed E-state index contributed by atoms with van der Waals surface area (Å²) in [5, 5.41) is 0. The summed E-state index contributed by atoms with van der Waals surface area (Å²) in [6.07, 6.45) is -2.44. The number of alkyl halides is 3. The maximum absolute atomic E-state index is 12.6. The molecule has 1 aliphatic heterocycles. The van der Waals surface area contributed by atoms with Crippen molar-refractivity contribution in [3.63, 3.8) is 0 Å². The van der Waals surface area contributed by atoms with Crippen LogP contribution in [-0.2, 0) is 16.0 Å². The monoisotopic (exact) mass is 326 g/mol. The van der Waals surface area contributed by atoms with Gasteiger partial charge in [0.15, 0.2) is 0 Å². The largest absolute Gasteiger partial charge is 0.471 e. The van der Waals surface area contributed by atoms with Crippen molar-refractivity contribution >= 4 is 17.5 Å². The SMILES string of the molecule is CN(C(=O)C(F)(F)F)C1CCc2cc(N3CCCC3=O)ccc21. The molecule has 0 N–H and O–H groups in total. The Morgan fingerprint density at radius 3 is 2.65 bits per heavy atom. The number of hydrogen-bond acceptors (Lipinski definition) is 2. The molecule has 1 saturated heterocycles. The van der Waals surface area contributed by atoms with E-state index in [0.29, 0.717) is 25.8 Å². The highest BCUT2D eigenvalue weighted by molar-refractivity contribution is 5.95. The Labute approximate surface area is 131 Å². The first-order valence-electron chi connectivity index (χ1n) is 7.56. The van der Waals surface area contributed by atoms with Gasteiger partial charge in [-0.2, -0.15) is 13.2 Å². The number of anilines is 1. The van der Waals surface area contributed by atoms with E-state index >= 15 is 0 Å². The van der Waals surface area contributed by atoms with Gasteiger partial charge in [0.25, 0.3) is 0 Å². The number of halogens is 3. The van der Waals surface area contributed by atoms with Gasteiger partial charge < -0.3 is 9.80 Å². The summed E-state index contributed by atoms with van der Waals surface area (Å²) >= 11 is 0. The Hall–Kier alpha value is -2.05. The van der Waals surface area contributed by atoms with Gasteiger partial charge in [0.1, 0.15) is 0 Å². The fourth-order valence-electron chi connectivity index (χ4n) is 3.41. The molecule has 3 rings (SSSR count). The van der Waals surface area contributed by atoms with Crippen LogP contribution in [-0.4, -0.2) is 36.5 Å². The third kappa shape index (κ3) is 2.80. The van der Waals surface area contributed by atoms with Crippen LogP contribution in [0.3, 0.4) is 0 Å². The molecule has 2 amide bonds. The molecule has 1 atom stereocenters. The van der Waals surface area contributed by atoms with Gasteiger partial charge in [-0.1, -0.05) is 6.07 Å². The maximum Gasteiger partial charge on any atom is 0.471 e. The van der Waals surface area contributed by atoms with E-state index in [1.165, 1.54) is 7.05 Å². The molecule has 23 heavy (non-hydrogen) atoms. The molecule has 1 aromatic rings. The van der Waals surface area contributed by atoms with Crippen molar-refractivity contribution in [3.8, 4) is 0 Å². The molecule has 0 bridgehead atoms. The van der Waals surface area contributed by atoms with Gasteiger partial charge in [-0.3, -0.25) is 9.59 Å². The molecule has 4 nitrogen and oxygen atoms in total. The standard InChI is InChI=1S/C16H17F3N2O2/c1-20(15(23)16(17,18)19)13-7-4-10-9-11(5-6-12(10)13)21-8-2-3-14(21)22/h5-6,9,13H,2-4,7-8H2,1H3. The summed E-state index contributed by atoms with van der Waals surface area (Å²) in [5.41, 5.74) is 2.44. The van der Waals surface area contributed by atoms with Crippen LogP contribution in [0.2, 0.25) is 0 Å². The van der Waals surface area contributed by atoms with Gasteiger partial charge >= 0.3 is 12.1 Å². The molecule has 2 aliphatic rings. The van der Waals surface area contributed by atoms with Gasteiger partial charge in [0.2, 0.25) is 5.91 Å². The Kier molecular flexibility index (Phi) is 3.82. The molecule has 1 fully saturated rings. The van der Waals surface area contributed by atoms with Crippen LogP contribution in [0.15, 0.2) is 18.2 Å². The van der Waals surface area contributed by atoms with Crippen LogP contribution < -0.4 is 4.90 Å². The normalized spacial score (nSPS) is 20.8. The summed E-state index contributed by atoms with van der Waals surface area (Å²) in [4.78, 5) is 25.7. The first kappa shape index (κ1) is 15.8. The summed E-state index contributed by atoms with van der Waals surface area (Å²) in [5.74, 6) is -1.75. The zero-order valence-electron chi connectivity index (χ0n) is 12.7. The van der Waals surface area contributed by atoms with Crippen molar-refractivity contribution in [1.82, 2.24) is 4.90 Å². The lowest BCUT2D eigenvalue weighted by atomic mass is 10.1. The molecular formula is C16H17F3N2O2. The lowest BCUT2D eigenvalue weighted by molar-refractivity contribution is -0.186. The second-order valence-electron chi connectivity index (χ2n) is 6.00. The van der Waals surface area contributed by atoms with Crippen molar-refractivity contribution in [3.05, 3.63) is 29.3 Å². The van der Waals surface area contributed by atoms with Gasteiger partial charge in [-0.05, 0) is 42.5 Å². The minimum absolute atomic E-state index is 0.0730. The number of carbonyl (C=O) groups excluding carboxylic acids is 2. The van der Waals surface area contributed by atoms with Crippen LogP contribution in [0.25, 0.3) is 0 Å². The number of hydrogen-bond donors (Lipinski definition) is 0. The second kappa shape index (κ2) is 5.54. The highest BCUT2D eigenvalue weighted by Crippen LogP contribution is 2.39. The molecule has 1 aliphatic carbocycles. The highest BCUT2D eigenvalue weighted by Gasteiger charge is 2.44. The van der Waals surface area contributed by atoms with Crippen LogP contribution in [0, 0.1) is 0 Å². The summed E-state index contributed by atoms with van der Waals surface area (Å²) in [6, 6.07) is 4.80. The molecule has 124 valence electrons. The molecule has 7 heteroatoms. The van der Waals surface area contributed by atoms with E-state index in [1.54, 1.807) is 17.0 Å². The Bertz CT molecular complexity index is 657. The minimum Gasteiger partial charge on any atom is -0.331 e. The van der Waals surface area contributed by atoms with Gasteiger partial charge in [-0.25, -0.2) is 0 Å². The fourth-order valence-corrected chi connectivity index (χ4v) is 3.41. The Balaban J connectivity index is 1.84. The minimum atomic E-state index is -4.86. The third-order valence-corrected chi connectivity index (χ3v) is 4.59. The highest BCUT2D eigenvalue weighted by atomic mass is 19.4. The quantitative estimate of drug-likeness (QED) is 0.838. The van der Waals surface area contributed by atoms with E-state index in [0.717, 1.165) is 28.1 Å². The zero-order chi connectivity index (χ0) is 16.8. The van der Waals surface area contributed by atoms with Crippen molar-refractivity contribution in [2.24, 2.45) is 0 Å².